The van der Waals surface area contributed by atoms with Gasteiger partial charge in [0.1, 0.15) is 6.61 Å². The lowest BCUT2D eigenvalue weighted by Crippen LogP contribution is -2.26. The van der Waals surface area contributed by atoms with E-state index >= 15 is 0 Å². The van der Waals surface area contributed by atoms with E-state index in [0.29, 0.717) is 19.7 Å². The lowest BCUT2D eigenvalue weighted by Gasteiger charge is -2.19. The Balaban J connectivity index is 3.51. The summed E-state index contributed by atoms with van der Waals surface area (Å²) in [4.78, 5) is 10.0. The van der Waals surface area contributed by atoms with Gasteiger partial charge in [0.2, 0.25) is 0 Å². The number of carbonyl (C=O) groups is 1. The Kier molecular flexibility index (Phi) is 12.0. The molecule has 0 aliphatic rings. The average molecular weight is 276 g/mol. The second-order valence-corrected chi connectivity index (χ2v) is 4.75. The number of ether oxygens (including phenoxy) is 4. The molecule has 0 aromatic rings. The van der Waals surface area contributed by atoms with Crippen LogP contribution in [0.25, 0.3) is 0 Å². The van der Waals surface area contributed by atoms with Gasteiger partial charge in [-0.25, -0.2) is 0 Å². The highest BCUT2D eigenvalue weighted by Crippen LogP contribution is 2.01. The van der Waals surface area contributed by atoms with E-state index < -0.39 is 0 Å². The van der Waals surface area contributed by atoms with E-state index in [9.17, 15) is 4.79 Å². The molecule has 0 fully saturated rings. The summed E-state index contributed by atoms with van der Waals surface area (Å²) in [5, 5.41) is 0. The summed E-state index contributed by atoms with van der Waals surface area (Å²) in [5.74, 6) is 0. The second-order valence-electron chi connectivity index (χ2n) is 4.75. The Bertz CT molecular complexity index is 210. The van der Waals surface area contributed by atoms with Gasteiger partial charge in [-0.3, -0.25) is 4.79 Å². The van der Waals surface area contributed by atoms with Gasteiger partial charge in [-0.15, -0.1) is 0 Å². The monoisotopic (exact) mass is 276 g/mol. The van der Waals surface area contributed by atoms with Crippen molar-refractivity contribution >= 4 is 6.47 Å². The van der Waals surface area contributed by atoms with Crippen LogP contribution in [0.5, 0.6) is 0 Å². The van der Waals surface area contributed by atoms with Gasteiger partial charge in [0.15, 0.2) is 0 Å². The molecule has 114 valence electrons. The molecule has 3 atom stereocenters. The topological polar surface area (TPSA) is 54.0 Å². The third kappa shape index (κ3) is 12.1. The molecule has 0 aromatic carbocycles. The molecule has 0 heterocycles. The molecule has 5 nitrogen and oxygen atoms in total. The number of unbranched alkanes of at least 4 members (excludes halogenated alkanes) is 1. The zero-order valence-corrected chi connectivity index (χ0v) is 12.6. The molecular formula is C14H28O5. The molecule has 0 amide bonds. The van der Waals surface area contributed by atoms with E-state index in [0.717, 1.165) is 19.4 Å². The molecule has 0 rings (SSSR count). The SMILES string of the molecule is CCCCOC(C)COC(C)COC(C)COC=O. The molecule has 0 saturated heterocycles. The first-order valence-electron chi connectivity index (χ1n) is 7.00. The Morgan fingerprint density at radius 3 is 1.95 bits per heavy atom. The molecule has 3 unspecified atom stereocenters. The lowest BCUT2D eigenvalue weighted by atomic mass is 10.3. The summed E-state index contributed by atoms with van der Waals surface area (Å²) in [5.41, 5.74) is 0. The number of hydrogen-bond acceptors (Lipinski definition) is 5. The molecular weight excluding hydrogens is 248 g/mol. The van der Waals surface area contributed by atoms with E-state index in [2.05, 4.69) is 11.7 Å². The average Bonchev–Trinajstić information content (AvgIpc) is 2.40. The first-order chi connectivity index (χ1) is 9.10. The van der Waals surface area contributed by atoms with E-state index in [-0.39, 0.29) is 24.9 Å². The summed E-state index contributed by atoms with van der Waals surface area (Å²) < 4.78 is 21.3. The first-order valence-corrected chi connectivity index (χ1v) is 7.00. The summed E-state index contributed by atoms with van der Waals surface area (Å²) >= 11 is 0. The predicted octanol–water partition coefficient (Wildman–Crippen LogP) is 2.17. The molecule has 0 spiro atoms. The van der Waals surface area contributed by atoms with Crippen LogP contribution in [0.2, 0.25) is 0 Å². The summed E-state index contributed by atoms with van der Waals surface area (Å²) in [7, 11) is 0. The third-order valence-corrected chi connectivity index (χ3v) is 2.53. The summed E-state index contributed by atoms with van der Waals surface area (Å²) in [6, 6.07) is 0. The Labute approximate surface area is 116 Å². The zero-order chi connectivity index (χ0) is 14.5. The Morgan fingerprint density at radius 1 is 0.895 bits per heavy atom. The van der Waals surface area contributed by atoms with Crippen LogP contribution in [-0.4, -0.2) is 51.2 Å². The maximum atomic E-state index is 10.0. The van der Waals surface area contributed by atoms with Crippen LogP contribution in [0.15, 0.2) is 0 Å². The van der Waals surface area contributed by atoms with Crippen LogP contribution in [0.1, 0.15) is 40.5 Å². The van der Waals surface area contributed by atoms with Crippen molar-refractivity contribution in [1.29, 1.82) is 0 Å². The van der Waals surface area contributed by atoms with E-state index in [4.69, 9.17) is 14.2 Å². The van der Waals surface area contributed by atoms with Crippen molar-refractivity contribution < 1.29 is 23.7 Å². The van der Waals surface area contributed by atoms with E-state index in [1.54, 1.807) is 0 Å². The van der Waals surface area contributed by atoms with Crippen molar-refractivity contribution in [3.63, 3.8) is 0 Å². The highest BCUT2D eigenvalue weighted by Gasteiger charge is 2.09. The number of hydrogen-bond donors (Lipinski definition) is 0. The van der Waals surface area contributed by atoms with Crippen LogP contribution in [0.4, 0.5) is 0 Å². The molecule has 0 saturated carbocycles. The van der Waals surface area contributed by atoms with Crippen LogP contribution in [0, 0.1) is 0 Å². The maximum Gasteiger partial charge on any atom is 0.293 e. The third-order valence-electron chi connectivity index (χ3n) is 2.53. The van der Waals surface area contributed by atoms with Crippen molar-refractivity contribution in [2.45, 2.75) is 58.8 Å². The minimum atomic E-state index is -0.116. The van der Waals surface area contributed by atoms with Gasteiger partial charge >= 0.3 is 0 Å². The van der Waals surface area contributed by atoms with Crippen molar-refractivity contribution in [2.24, 2.45) is 0 Å². The quantitative estimate of drug-likeness (QED) is 0.381. The van der Waals surface area contributed by atoms with Crippen LogP contribution in [-0.2, 0) is 23.7 Å². The molecule has 0 bridgehead atoms. The van der Waals surface area contributed by atoms with Gasteiger partial charge in [0.05, 0.1) is 31.5 Å². The predicted molar refractivity (Wildman–Crippen MR) is 73.2 cm³/mol. The summed E-state index contributed by atoms with van der Waals surface area (Å²) in [6.45, 7) is 10.5. The molecule has 0 aliphatic carbocycles. The highest BCUT2D eigenvalue weighted by molar-refractivity contribution is 5.36. The first kappa shape index (κ1) is 18.4. The number of rotatable bonds is 13. The van der Waals surface area contributed by atoms with Crippen molar-refractivity contribution in [2.75, 3.05) is 26.4 Å². The molecule has 5 heteroatoms. The molecule has 0 aromatic heterocycles. The van der Waals surface area contributed by atoms with Gasteiger partial charge in [-0.05, 0) is 27.2 Å². The van der Waals surface area contributed by atoms with Gasteiger partial charge in [0, 0.05) is 6.61 Å². The molecule has 0 N–H and O–H groups in total. The van der Waals surface area contributed by atoms with E-state index in [1.165, 1.54) is 0 Å². The zero-order valence-electron chi connectivity index (χ0n) is 12.6. The molecule has 0 radical (unpaired) electrons. The Hall–Kier alpha value is -0.650. The smallest absolute Gasteiger partial charge is 0.293 e. The van der Waals surface area contributed by atoms with Crippen LogP contribution >= 0.6 is 0 Å². The molecule has 19 heavy (non-hydrogen) atoms. The highest BCUT2D eigenvalue weighted by atomic mass is 16.6. The van der Waals surface area contributed by atoms with Crippen molar-refractivity contribution in [3.05, 3.63) is 0 Å². The minimum absolute atomic E-state index is 0.00379. The molecule has 0 aliphatic heterocycles. The van der Waals surface area contributed by atoms with Crippen molar-refractivity contribution in [1.82, 2.24) is 0 Å². The summed E-state index contributed by atoms with van der Waals surface area (Å²) in [6.07, 6.45) is 2.20. The lowest BCUT2D eigenvalue weighted by molar-refractivity contribution is -0.133. The maximum absolute atomic E-state index is 10.0. The normalized spacial score (nSPS) is 15.8. The van der Waals surface area contributed by atoms with Crippen molar-refractivity contribution in [3.8, 4) is 0 Å². The Morgan fingerprint density at radius 2 is 1.42 bits per heavy atom. The second kappa shape index (κ2) is 12.4. The minimum Gasteiger partial charge on any atom is -0.465 e. The van der Waals surface area contributed by atoms with Crippen LogP contribution < -0.4 is 0 Å². The largest absolute Gasteiger partial charge is 0.465 e. The van der Waals surface area contributed by atoms with Crippen LogP contribution in [0.3, 0.4) is 0 Å². The van der Waals surface area contributed by atoms with E-state index in [1.807, 2.05) is 20.8 Å². The van der Waals surface area contributed by atoms with Gasteiger partial charge in [0.25, 0.3) is 6.47 Å². The fourth-order valence-electron chi connectivity index (χ4n) is 1.35. The van der Waals surface area contributed by atoms with Gasteiger partial charge in [-0.2, -0.15) is 0 Å². The fraction of sp³-hybridized carbons (Fsp3) is 0.929. The standard InChI is InChI=1S/C14H28O5/c1-5-6-7-17-13(3)9-19-14(4)10-18-12(2)8-16-11-15/h11-14H,5-10H2,1-4H3. The van der Waals surface area contributed by atoms with Gasteiger partial charge in [-0.1, -0.05) is 13.3 Å². The number of carbonyl (C=O) groups excluding carboxylic acids is 1. The van der Waals surface area contributed by atoms with Gasteiger partial charge < -0.3 is 18.9 Å². The fourth-order valence-corrected chi connectivity index (χ4v) is 1.35.